The van der Waals surface area contributed by atoms with Crippen molar-refractivity contribution in [3.63, 3.8) is 0 Å². The Kier molecular flexibility index (Phi) is 3.75. The van der Waals surface area contributed by atoms with Gasteiger partial charge in [0, 0.05) is 32.6 Å². The molecule has 82 valence electrons. The summed E-state index contributed by atoms with van der Waals surface area (Å²) in [7, 11) is 0. The van der Waals surface area contributed by atoms with Crippen LogP contribution in [0.2, 0.25) is 0 Å². The van der Waals surface area contributed by atoms with Gasteiger partial charge < -0.3 is 20.1 Å². The van der Waals surface area contributed by atoms with Crippen LogP contribution in [0.3, 0.4) is 0 Å². The molecule has 0 amide bonds. The number of nitrogens with one attached hydrogen (secondary N) is 2. The highest BCUT2D eigenvalue weighted by Gasteiger charge is 2.23. The van der Waals surface area contributed by atoms with E-state index >= 15 is 0 Å². The topological polar surface area (TPSA) is 42.5 Å². The summed E-state index contributed by atoms with van der Waals surface area (Å²) in [4.78, 5) is 0. The lowest BCUT2D eigenvalue weighted by molar-refractivity contribution is -0.0672. The second-order valence-corrected chi connectivity index (χ2v) is 4.16. The van der Waals surface area contributed by atoms with Gasteiger partial charge in [0.2, 0.25) is 0 Å². The average molecular weight is 200 g/mol. The van der Waals surface area contributed by atoms with Crippen LogP contribution in [0.1, 0.15) is 13.3 Å². The first-order valence-electron chi connectivity index (χ1n) is 5.53. The predicted molar refractivity (Wildman–Crippen MR) is 54.4 cm³/mol. The summed E-state index contributed by atoms with van der Waals surface area (Å²) in [6, 6.07) is 0. The van der Waals surface area contributed by atoms with Gasteiger partial charge in [0.25, 0.3) is 0 Å². The minimum atomic E-state index is 0.323. The van der Waals surface area contributed by atoms with Crippen molar-refractivity contribution in [3.8, 4) is 0 Å². The molecule has 0 aromatic heterocycles. The van der Waals surface area contributed by atoms with Gasteiger partial charge in [-0.05, 0) is 6.92 Å². The minimum absolute atomic E-state index is 0.323. The van der Waals surface area contributed by atoms with Crippen LogP contribution >= 0.6 is 0 Å². The maximum atomic E-state index is 5.82. The molecule has 2 aliphatic rings. The summed E-state index contributed by atoms with van der Waals surface area (Å²) in [6.45, 7) is 6.83. The number of ether oxygens (including phenoxy) is 2. The second kappa shape index (κ2) is 5.07. The van der Waals surface area contributed by atoms with Crippen LogP contribution in [0.4, 0.5) is 0 Å². The highest BCUT2D eigenvalue weighted by Crippen LogP contribution is 2.12. The summed E-state index contributed by atoms with van der Waals surface area (Å²) < 4.78 is 11.5. The molecule has 2 aliphatic heterocycles. The van der Waals surface area contributed by atoms with E-state index in [1.807, 2.05) is 0 Å². The molecule has 2 fully saturated rings. The Morgan fingerprint density at radius 1 is 1.14 bits per heavy atom. The van der Waals surface area contributed by atoms with E-state index in [4.69, 9.17) is 9.47 Å². The predicted octanol–water partition coefficient (Wildman–Crippen LogP) is -0.258. The third-order valence-electron chi connectivity index (χ3n) is 2.76. The van der Waals surface area contributed by atoms with E-state index in [9.17, 15) is 0 Å². The van der Waals surface area contributed by atoms with E-state index in [-0.39, 0.29) is 0 Å². The molecule has 0 aromatic carbocycles. The zero-order chi connectivity index (χ0) is 9.80. The van der Waals surface area contributed by atoms with Crippen LogP contribution in [0, 0.1) is 0 Å². The summed E-state index contributed by atoms with van der Waals surface area (Å²) in [5.74, 6) is 0. The third kappa shape index (κ3) is 2.92. The molecule has 0 saturated carbocycles. The average Bonchev–Trinajstić information content (AvgIpc) is 2.19. The molecule has 14 heavy (non-hydrogen) atoms. The van der Waals surface area contributed by atoms with Gasteiger partial charge in [-0.25, -0.2) is 0 Å². The fourth-order valence-electron chi connectivity index (χ4n) is 2.08. The highest BCUT2D eigenvalue weighted by atomic mass is 16.5. The third-order valence-corrected chi connectivity index (χ3v) is 2.76. The zero-order valence-corrected chi connectivity index (χ0v) is 8.79. The molecule has 3 unspecified atom stereocenters. The van der Waals surface area contributed by atoms with E-state index in [2.05, 4.69) is 17.6 Å². The molecule has 2 N–H and O–H groups in total. The van der Waals surface area contributed by atoms with Crippen LogP contribution in [-0.2, 0) is 9.47 Å². The molecule has 2 rings (SSSR count). The van der Waals surface area contributed by atoms with E-state index in [1.165, 1.54) is 0 Å². The fourth-order valence-corrected chi connectivity index (χ4v) is 2.08. The van der Waals surface area contributed by atoms with Crippen molar-refractivity contribution >= 4 is 0 Å². The Morgan fingerprint density at radius 3 is 2.71 bits per heavy atom. The maximum absolute atomic E-state index is 5.82. The Bertz CT molecular complexity index is 172. The van der Waals surface area contributed by atoms with Gasteiger partial charge in [-0.2, -0.15) is 0 Å². The summed E-state index contributed by atoms with van der Waals surface area (Å²) in [5.41, 5.74) is 0. The van der Waals surface area contributed by atoms with Crippen molar-refractivity contribution < 1.29 is 9.47 Å². The van der Waals surface area contributed by atoms with Gasteiger partial charge in [0.15, 0.2) is 0 Å². The number of rotatable bonds is 2. The maximum Gasteiger partial charge on any atom is 0.0728 e. The SMILES string of the molecule is CC1CNCC(CC2CNCCO2)O1. The monoisotopic (exact) mass is 200 g/mol. The number of morpholine rings is 2. The summed E-state index contributed by atoms with van der Waals surface area (Å²) >= 11 is 0. The molecular formula is C10H20N2O2. The lowest BCUT2D eigenvalue weighted by Gasteiger charge is -2.32. The van der Waals surface area contributed by atoms with Crippen molar-refractivity contribution in [2.24, 2.45) is 0 Å². The Labute approximate surface area is 85.3 Å². The molecule has 0 radical (unpaired) electrons. The van der Waals surface area contributed by atoms with Crippen molar-refractivity contribution in [1.82, 2.24) is 10.6 Å². The van der Waals surface area contributed by atoms with Gasteiger partial charge in [0.1, 0.15) is 0 Å². The summed E-state index contributed by atoms with van der Waals surface area (Å²) in [6.07, 6.45) is 2.00. The molecule has 2 saturated heterocycles. The van der Waals surface area contributed by atoms with E-state index in [1.54, 1.807) is 0 Å². The molecule has 4 heteroatoms. The van der Waals surface area contributed by atoms with E-state index in [0.29, 0.717) is 18.3 Å². The minimum Gasteiger partial charge on any atom is -0.375 e. The van der Waals surface area contributed by atoms with Crippen molar-refractivity contribution in [2.45, 2.75) is 31.7 Å². The Balaban J connectivity index is 1.72. The van der Waals surface area contributed by atoms with Crippen LogP contribution < -0.4 is 10.6 Å². The molecular weight excluding hydrogens is 180 g/mol. The zero-order valence-electron chi connectivity index (χ0n) is 8.79. The largest absolute Gasteiger partial charge is 0.375 e. The van der Waals surface area contributed by atoms with Gasteiger partial charge in [-0.3, -0.25) is 0 Å². The lowest BCUT2D eigenvalue weighted by atomic mass is 10.1. The van der Waals surface area contributed by atoms with Crippen LogP contribution in [-0.4, -0.2) is 51.1 Å². The second-order valence-electron chi connectivity index (χ2n) is 4.16. The summed E-state index contributed by atoms with van der Waals surface area (Å²) in [5, 5.41) is 6.71. The van der Waals surface area contributed by atoms with Crippen molar-refractivity contribution in [2.75, 3.05) is 32.8 Å². The smallest absolute Gasteiger partial charge is 0.0728 e. The molecule has 4 nitrogen and oxygen atoms in total. The molecule has 0 aromatic rings. The van der Waals surface area contributed by atoms with Gasteiger partial charge >= 0.3 is 0 Å². The van der Waals surface area contributed by atoms with Gasteiger partial charge in [0.05, 0.1) is 24.9 Å². The lowest BCUT2D eigenvalue weighted by Crippen LogP contribution is -2.47. The van der Waals surface area contributed by atoms with Crippen molar-refractivity contribution in [1.29, 1.82) is 0 Å². The molecule has 3 atom stereocenters. The normalized spacial score (nSPS) is 39.6. The number of hydrogen-bond acceptors (Lipinski definition) is 4. The molecule has 0 aliphatic carbocycles. The molecule has 0 spiro atoms. The first kappa shape index (κ1) is 10.4. The first-order valence-corrected chi connectivity index (χ1v) is 5.53. The van der Waals surface area contributed by atoms with Gasteiger partial charge in [-0.1, -0.05) is 0 Å². The van der Waals surface area contributed by atoms with Crippen LogP contribution in [0.5, 0.6) is 0 Å². The Hall–Kier alpha value is -0.160. The van der Waals surface area contributed by atoms with Crippen molar-refractivity contribution in [3.05, 3.63) is 0 Å². The highest BCUT2D eigenvalue weighted by molar-refractivity contribution is 4.77. The van der Waals surface area contributed by atoms with Crippen LogP contribution in [0.25, 0.3) is 0 Å². The quantitative estimate of drug-likeness (QED) is 0.644. The van der Waals surface area contributed by atoms with E-state index in [0.717, 1.165) is 39.2 Å². The fraction of sp³-hybridized carbons (Fsp3) is 1.00. The van der Waals surface area contributed by atoms with Gasteiger partial charge in [-0.15, -0.1) is 0 Å². The van der Waals surface area contributed by atoms with Crippen LogP contribution in [0.15, 0.2) is 0 Å². The molecule has 2 heterocycles. The number of hydrogen-bond donors (Lipinski definition) is 2. The van der Waals surface area contributed by atoms with E-state index < -0.39 is 0 Å². The first-order chi connectivity index (χ1) is 6.84. The Morgan fingerprint density at radius 2 is 2.00 bits per heavy atom. The standard InChI is InChI=1S/C10H20N2O2/c1-8-5-12-7-10(14-8)4-9-6-11-2-3-13-9/h8-12H,2-7H2,1H3. The molecule has 0 bridgehead atoms.